The summed E-state index contributed by atoms with van der Waals surface area (Å²) in [7, 11) is 0. The molecule has 0 saturated heterocycles. The van der Waals surface area contributed by atoms with Crippen LogP contribution in [0.3, 0.4) is 0 Å². The Bertz CT molecular complexity index is 633. The van der Waals surface area contributed by atoms with Crippen LogP contribution in [0.25, 0.3) is 11.0 Å². The van der Waals surface area contributed by atoms with Gasteiger partial charge in [-0.3, -0.25) is 0 Å². The number of hydrogen-bond acceptors (Lipinski definition) is 1. The Labute approximate surface area is 133 Å². The first-order chi connectivity index (χ1) is 9.50. The minimum atomic E-state index is 0.439. The summed E-state index contributed by atoms with van der Waals surface area (Å²) in [5.74, 6) is 1.76. The number of benzene rings is 1. The molecule has 3 rings (SSSR count). The summed E-state index contributed by atoms with van der Waals surface area (Å²) in [4.78, 5) is 4.80. The van der Waals surface area contributed by atoms with E-state index in [0.717, 1.165) is 22.2 Å². The van der Waals surface area contributed by atoms with Gasteiger partial charge in [0.2, 0.25) is 0 Å². The second-order valence-electron chi connectivity index (χ2n) is 6.53. The summed E-state index contributed by atoms with van der Waals surface area (Å²) in [6.07, 6.45) is 4.59. The van der Waals surface area contributed by atoms with Crippen LogP contribution in [0.2, 0.25) is 0 Å². The van der Waals surface area contributed by atoms with Crippen molar-refractivity contribution in [1.29, 1.82) is 0 Å². The molecule has 1 unspecified atom stereocenters. The predicted octanol–water partition coefficient (Wildman–Crippen LogP) is 5.33. The fourth-order valence-corrected chi connectivity index (χ4v) is 3.93. The Kier molecular flexibility index (Phi) is 3.85. The number of rotatable bonds is 3. The topological polar surface area (TPSA) is 17.8 Å². The van der Waals surface area contributed by atoms with Crippen LogP contribution in [0.1, 0.15) is 45.0 Å². The molecule has 0 aliphatic heterocycles. The van der Waals surface area contributed by atoms with Crippen molar-refractivity contribution in [2.24, 2.45) is 5.41 Å². The Hall–Kier alpha value is -0.540. The van der Waals surface area contributed by atoms with Gasteiger partial charge in [-0.05, 0) is 42.9 Å². The summed E-state index contributed by atoms with van der Waals surface area (Å²) in [5, 5.41) is 0. The van der Waals surface area contributed by atoms with Gasteiger partial charge in [0.1, 0.15) is 5.82 Å². The number of aromatic nitrogens is 2. The summed E-state index contributed by atoms with van der Waals surface area (Å²) < 4.78 is 3.53. The first-order valence-corrected chi connectivity index (χ1v) is 8.55. The van der Waals surface area contributed by atoms with Gasteiger partial charge in [-0.15, -0.1) is 11.6 Å². The van der Waals surface area contributed by atoms with Crippen molar-refractivity contribution >= 4 is 38.6 Å². The summed E-state index contributed by atoms with van der Waals surface area (Å²) >= 11 is 9.50. The zero-order valence-corrected chi connectivity index (χ0v) is 14.3. The zero-order chi connectivity index (χ0) is 14.3. The van der Waals surface area contributed by atoms with Crippen molar-refractivity contribution in [3.8, 4) is 0 Å². The zero-order valence-electron chi connectivity index (χ0n) is 12.0. The number of alkyl halides is 1. The van der Waals surface area contributed by atoms with Gasteiger partial charge in [0.15, 0.2) is 0 Å². The molecular formula is C16H20BrClN2. The van der Waals surface area contributed by atoms with Gasteiger partial charge in [0, 0.05) is 22.8 Å². The molecule has 2 nitrogen and oxygen atoms in total. The Morgan fingerprint density at radius 2 is 2.25 bits per heavy atom. The molecular weight excluding hydrogens is 336 g/mol. The molecule has 1 aliphatic carbocycles. The maximum absolute atomic E-state index is 5.97. The molecule has 1 atom stereocenters. The van der Waals surface area contributed by atoms with Crippen LogP contribution >= 0.6 is 27.5 Å². The molecule has 0 N–H and O–H groups in total. The van der Waals surface area contributed by atoms with Gasteiger partial charge in [-0.2, -0.15) is 0 Å². The van der Waals surface area contributed by atoms with Crippen molar-refractivity contribution in [1.82, 2.24) is 9.55 Å². The van der Waals surface area contributed by atoms with E-state index in [1.807, 2.05) is 0 Å². The van der Waals surface area contributed by atoms with E-state index in [9.17, 15) is 0 Å². The molecule has 1 fully saturated rings. The molecule has 1 aromatic carbocycles. The smallest absolute Gasteiger partial charge is 0.111 e. The highest BCUT2D eigenvalue weighted by molar-refractivity contribution is 9.10. The summed E-state index contributed by atoms with van der Waals surface area (Å²) in [5.41, 5.74) is 2.76. The Morgan fingerprint density at radius 1 is 1.45 bits per heavy atom. The SMILES string of the molecule is CC1(C)CCC(n2c(CCCl)nc3cc(Br)ccc32)C1. The lowest BCUT2D eigenvalue weighted by atomic mass is 9.92. The van der Waals surface area contributed by atoms with E-state index in [1.165, 1.54) is 24.8 Å². The molecule has 4 heteroatoms. The third-order valence-electron chi connectivity index (χ3n) is 4.35. The first kappa shape index (κ1) is 14.4. The Morgan fingerprint density at radius 3 is 2.90 bits per heavy atom. The molecule has 0 amide bonds. The van der Waals surface area contributed by atoms with Gasteiger partial charge < -0.3 is 4.57 Å². The van der Waals surface area contributed by atoms with Crippen molar-refractivity contribution in [3.05, 3.63) is 28.5 Å². The molecule has 1 heterocycles. The maximum atomic E-state index is 5.97. The lowest BCUT2D eigenvalue weighted by Crippen LogP contribution is -2.12. The third kappa shape index (κ3) is 2.62. The van der Waals surface area contributed by atoms with Crippen LogP contribution in [-0.2, 0) is 6.42 Å². The van der Waals surface area contributed by atoms with E-state index in [0.29, 0.717) is 17.3 Å². The fraction of sp³-hybridized carbons (Fsp3) is 0.562. The number of fused-ring (bicyclic) bond motifs is 1. The van der Waals surface area contributed by atoms with Crippen molar-refractivity contribution in [2.75, 3.05) is 5.88 Å². The molecule has 1 aromatic heterocycles. The van der Waals surface area contributed by atoms with Gasteiger partial charge in [-0.1, -0.05) is 29.8 Å². The van der Waals surface area contributed by atoms with Crippen molar-refractivity contribution < 1.29 is 0 Å². The van der Waals surface area contributed by atoms with Crippen LogP contribution in [0.5, 0.6) is 0 Å². The molecule has 1 aliphatic rings. The van der Waals surface area contributed by atoms with E-state index in [4.69, 9.17) is 16.6 Å². The Balaban J connectivity index is 2.09. The molecule has 1 saturated carbocycles. The second-order valence-corrected chi connectivity index (χ2v) is 7.82. The monoisotopic (exact) mass is 354 g/mol. The highest BCUT2D eigenvalue weighted by Crippen LogP contribution is 2.45. The lowest BCUT2D eigenvalue weighted by Gasteiger charge is -2.20. The van der Waals surface area contributed by atoms with Gasteiger partial charge >= 0.3 is 0 Å². The van der Waals surface area contributed by atoms with E-state index in [-0.39, 0.29) is 0 Å². The average Bonchev–Trinajstić information content (AvgIpc) is 2.89. The first-order valence-electron chi connectivity index (χ1n) is 7.22. The predicted molar refractivity (Wildman–Crippen MR) is 88.5 cm³/mol. The molecule has 20 heavy (non-hydrogen) atoms. The minimum Gasteiger partial charge on any atom is -0.325 e. The van der Waals surface area contributed by atoms with Gasteiger partial charge in [0.25, 0.3) is 0 Å². The molecule has 2 aromatic rings. The number of nitrogens with zero attached hydrogens (tertiary/aromatic N) is 2. The minimum absolute atomic E-state index is 0.439. The second kappa shape index (κ2) is 5.34. The van der Waals surface area contributed by atoms with Crippen LogP contribution < -0.4 is 0 Å². The van der Waals surface area contributed by atoms with Gasteiger partial charge in [-0.25, -0.2) is 4.98 Å². The third-order valence-corrected chi connectivity index (χ3v) is 5.03. The van der Waals surface area contributed by atoms with E-state index >= 15 is 0 Å². The van der Waals surface area contributed by atoms with Gasteiger partial charge in [0.05, 0.1) is 11.0 Å². The number of aryl methyl sites for hydroxylation is 1. The van der Waals surface area contributed by atoms with Crippen LogP contribution in [0.15, 0.2) is 22.7 Å². The van der Waals surface area contributed by atoms with Crippen LogP contribution in [-0.4, -0.2) is 15.4 Å². The van der Waals surface area contributed by atoms with Crippen LogP contribution in [0.4, 0.5) is 0 Å². The average molecular weight is 356 g/mol. The lowest BCUT2D eigenvalue weighted by molar-refractivity contribution is 0.358. The highest BCUT2D eigenvalue weighted by atomic mass is 79.9. The maximum Gasteiger partial charge on any atom is 0.111 e. The standard InChI is InChI=1S/C16H20BrClN2/c1-16(2)7-5-12(10-16)20-14-4-3-11(17)9-13(14)19-15(20)6-8-18/h3-4,9,12H,5-8,10H2,1-2H3. The molecule has 0 spiro atoms. The normalized spacial score (nSPS) is 21.7. The number of imidazole rings is 1. The van der Waals surface area contributed by atoms with E-state index < -0.39 is 0 Å². The number of halogens is 2. The quantitative estimate of drug-likeness (QED) is 0.680. The highest BCUT2D eigenvalue weighted by Gasteiger charge is 2.33. The number of hydrogen-bond donors (Lipinski definition) is 0. The molecule has 108 valence electrons. The van der Waals surface area contributed by atoms with Crippen molar-refractivity contribution in [2.45, 2.75) is 45.6 Å². The van der Waals surface area contributed by atoms with Crippen LogP contribution in [0, 0.1) is 5.41 Å². The molecule has 0 bridgehead atoms. The van der Waals surface area contributed by atoms with E-state index in [1.54, 1.807) is 0 Å². The summed E-state index contributed by atoms with van der Waals surface area (Å²) in [6.45, 7) is 4.73. The van der Waals surface area contributed by atoms with E-state index in [2.05, 4.69) is 52.5 Å². The molecule has 0 radical (unpaired) electrons. The fourth-order valence-electron chi connectivity index (χ4n) is 3.41. The van der Waals surface area contributed by atoms with Crippen molar-refractivity contribution in [3.63, 3.8) is 0 Å². The largest absolute Gasteiger partial charge is 0.325 e. The summed E-state index contributed by atoms with van der Waals surface area (Å²) in [6, 6.07) is 6.94.